The molecule has 0 amide bonds. The van der Waals surface area contributed by atoms with Crippen LogP contribution in [0.4, 0.5) is 0 Å². The molecule has 0 saturated carbocycles. The molecule has 1 aliphatic heterocycles. The lowest BCUT2D eigenvalue weighted by molar-refractivity contribution is 0.00578. The third-order valence-electron chi connectivity index (χ3n) is 8.53. The van der Waals surface area contributed by atoms with Crippen LogP contribution in [0, 0.1) is 0 Å². The number of furan rings is 1. The molecule has 5 aromatic carbocycles. The van der Waals surface area contributed by atoms with Gasteiger partial charge in [0.25, 0.3) is 0 Å². The fourth-order valence-corrected chi connectivity index (χ4v) is 5.60. The van der Waals surface area contributed by atoms with Gasteiger partial charge in [-0.2, -0.15) is 0 Å². The fraction of sp³-hybridized carbons (Fsp3) is 0.167. The van der Waals surface area contributed by atoms with E-state index in [0.29, 0.717) is 0 Å². The maximum Gasteiger partial charge on any atom is 0.494 e. The van der Waals surface area contributed by atoms with Gasteiger partial charge >= 0.3 is 7.12 Å². The van der Waals surface area contributed by atoms with E-state index in [2.05, 4.69) is 137 Å². The number of fused-ring (bicyclic) bond motifs is 3. The Kier molecular flexibility index (Phi) is 5.74. The van der Waals surface area contributed by atoms with Gasteiger partial charge in [0.2, 0.25) is 0 Å². The Bertz CT molecular complexity index is 1850. The van der Waals surface area contributed by atoms with Gasteiger partial charge in [-0.1, -0.05) is 109 Å². The monoisotopic (exact) mass is 522 g/mol. The molecule has 196 valence electrons. The zero-order chi connectivity index (χ0) is 27.5. The topological polar surface area (TPSA) is 31.6 Å². The van der Waals surface area contributed by atoms with Crippen LogP contribution in [0.3, 0.4) is 0 Å². The van der Waals surface area contributed by atoms with E-state index in [1.165, 1.54) is 0 Å². The molecule has 3 nitrogen and oxygen atoms in total. The van der Waals surface area contributed by atoms with Crippen LogP contribution < -0.4 is 5.46 Å². The van der Waals surface area contributed by atoms with E-state index >= 15 is 0 Å². The van der Waals surface area contributed by atoms with Gasteiger partial charge in [0, 0.05) is 21.9 Å². The molecule has 0 spiro atoms. The van der Waals surface area contributed by atoms with E-state index in [0.717, 1.165) is 60.8 Å². The van der Waals surface area contributed by atoms with Crippen LogP contribution in [0.2, 0.25) is 0 Å². The Morgan fingerprint density at radius 2 is 0.975 bits per heavy atom. The van der Waals surface area contributed by atoms with Crippen LogP contribution in [0.15, 0.2) is 120 Å². The largest absolute Gasteiger partial charge is 0.494 e. The summed E-state index contributed by atoms with van der Waals surface area (Å²) in [6.07, 6.45) is 0. The second-order valence-electron chi connectivity index (χ2n) is 11.6. The summed E-state index contributed by atoms with van der Waals surface area (Å²) in [5.74, 6) is 0. The van der Waals surface area contributed by atoms with E-state index in [-0.39, 0.29) is 11.2 Å². The predicted octanol–water partition coefficient (Wildman–Crippen LogP) is 8.89. The molecule has 0 unspecified atom stereocenters. The Morgan fingerprint density at radius 1 is 0.475 bits per heavy atom. The van der Waals surface area contributed by atoms with Crippen LogP contribution in [0.25, 0.3) is 55.3 Å². The molecule has 0 aliphatic carbocycles. The summed E-state index contributed by atoms with van der Waals surface area (Å²) in [6, 6.07) is 40.4. The van der Waals surface area contributed by atoms with Crippen molar-refractivity contribution in [3.8, 4) is 33.4 Å². The van der Waals surface area contributed by atoms with Crippen LogP contribution in [0.1, 0.15) is 27.7 Å². The number of para-hydroxylation sites is 2. The van der Waals surface area contributed by atoms with Crippen LogP contribution >= 0.6 is 0 Å². The average Bonchev–Trinajstić information content (AvgIpc) is 3.46. The van der Waals surface area contributed by atoms with Crippen LogP contribution in [-0.2, 0) is 9.31 Å². The summed E-state index contributed by atoms with van der Waals surface area (Å²) in [7, 11) is -0.392. The van der Waals surface area contributed by atoms with Gasteiger partial charge in [0.1, 0.15) is 11.2 Å². The van der Waals surface area contributed by atoms with Crippen molar-refractivity contribution < 1.29 is 13.7 Å². The molecule has 6 aromatic rings. The molecule has 4 heteroatoms. The first-order chi connectivity index (χ1) is 19.3. The van der Waals surface area contributed by atoms with Gasteiger partial charge in [-0.25, -0.2) is 0 Å². The van der Waals surface area contributed by atoms with Gasteiger partial charge in [0.05, 0.1) is 11.2 Å². The highest BCUT2D eigenvalue weighted by molar-refractivity contribution is 6.62. The Hall–Kier alpha value is -4.12. The van der Waals surface area contributed by atoms with Crippen molar-refractivity contribution in [1.29, 1.82) is 0 Å². The number of hydrogen-bond acceptors (Lipinski definition) is 3. The SMILES string of the molecule is CC1(C)OB(c2cccc(-c3cccc(-c4cccc5c4oc4c(-c6ccccc6)cccc45)c3)c2)OC1(C)C. The molecule has 1 aromatic heterocycles. The van der Waals surface area contributed by atoms with Crippen molar-refractivity contribution in [2.45, 2.75) is 38.9 Å². The van der Waals surface area contributed by atoms with Crippen molar-refractivity contribution in [3.05, 3.63) is 115 Å². The first-order valence-electron chi connectivity index (χ1n) is 13.9. The number of rotatable bonds is 4. The van der Waals surface area contributed by atoms with E-state index in [1.54, 1.807) is 0 Å². The zero-order valence-corrected chi connectivity index (χ0v) is 23.3. The third kappa shape index (κ3) is 4.07. The summed E-state index contributed by atoms with van der Waals surface area (Å²) in [5.41, 5.74) is 8.80. The Morgan fingerprint density at radius 3 is 1.62 bits per heavy atom. The lowest BCUT2D eigenvalue weighted by Crippen LogP contribution is -2.41. The molecule has 0 radical (unpaired) electrons. The molecule has 0 atom stereocenters. The van der Waals surface area contributed by atoms with E-state index < -0.39 is 7.12 Å². The van der Waals surface area contributed by atoms with E-state index in [9.17, 15) is 0 Å². The first-order valence-corrected chi connectivity index (χ1v) is 13.9. The molecule has 40 heavy (non-hydrogen) atoms. The predicted molar refractivity (Wildman–Crippen MR) is 166 cm³/mol. The lowest BCUT2D eigenvalue weighted by Gasteiger charge is -2.32. The molecule has 0 bridgehead atoms. The van der Waals surface area contributed by atoms with Crippen molar-refractivity contribution in [1.82, 2.24) is 0 Å². The van der Waals surface area contributed by atoms with E-state index in [1.807, 2.05) is 6.07 Å². The summed E-state index contributed by atoms with van der Waals surface area (Å²) in [4.78, 5) is 0. The average molecular weight is 522 g/mol. The molecule has 1 aliphatic rings. The van der Waals surface area contributed by atoms with Crippen molar-refractivity contribution in [2.24, 2.45) is 0 Å². The minimum Gasteiger partial charge on any atom is -0.455 e. The molecule has 0 N–H and O–H groups in total. The first kappa shape index (κ1) is 24.9. The summed E-state index contributed by atoms with van der Waals surface area (Å²) in [6.45, 7) is 8.34. The highest BCUT2D eigenvalue weighted by atomic mass is 16.7. The van der Waals surface area contributed by atoms with Gasteiger partial charge < -0.3 is 13.7 Å². The molecule has 7 rings (SSSR count). The summed E-state index contributed by atoms with van der Waals surface area (Å²) in [5, 5.41) is 2.25. The minimum atomic E-state index is -0.392. The maximum absolute atomic E-state index is 6.66. The zero-order valence-electron chi connectivity index (χ0n) is 23.3. The minimum absolute atomic E-state index is 0.376. The summed E-state index contributed by atoms with van der Waals surface area (Å²) >= 11 is 0. The molecular formula is C36H31BO3. The van der Waals surface area contributed by atoms with E-state index in [4.69, 9.17) is 13.7 Å². The van der Waals surface area contributed by atoms with Crippen molar-refractivity contribution in [2.75, 3.05) is 0 Å². The normalized spacial score (nSPS) is 16.1. The lowest BCUT2D eigenvalue weighted by atomic mass is 9.78. The Labute approximate surface area is 235 Å². The second-order valence-corrected chi connectivity index (χ2v) is 11.6. The molecular weight excluding hydrogens is 491 g/mol. The smallest absolute Gasteiger partial charge is 0.455 e. The van der Waals surface area contributed by atoms with Crippen molar-refractivity contribution >= 4 is 34.5 Å². The van der Waals surface area contributed by atoms with Crippen molar-refractivity contribution in [3.63, 3.8) is 0 Å². The fourth-order valence-electron chi connectivity index (χ4n) is 5.60. The second kappa shape index (κ2) is 9.23. The standard InChI is InChI=1S/C36H31BO3/c1-35(2)36(3,4)40-37(39-35)28-17-9-15-26(23-28)25-14-8-16-27(22-25)30-19-11-21-32-31-20-10-18-29(33(31)38-34(30)32)24-12-6-5-7-13-24/h5-23H,1-4H3. The highest BCUT2D eigenvalue weighted by Gasteiger charge is 2.51. The van der Waals surface area contributed by atoms with Crippen LogP contribution in [0.5, 0.6) is 0 Å². The summed E-state index contributed by atoms with van der Waals surface area (Å²) < 4.78 is 19.3. The third-order valence-corrected chi connectivity index (χ3v) is 8.53. The highest BCUT2D eigenvalue weighted by Crippen LogP contribution is 2.40. The maximum atomic E-state index is 6.66. The Balaban J connectivity index is 1.30. The molecule has 2 heterocycles. The van der Waals surface area contributed by atoms with Gasteiger partial charge in [0.15, 0.2) is 0 Å². The van der Waals surface area contributed by atoms with Gasteiger partial charge in [-0.05, 0) is 61.5 Å². The van der Waals surface area contributed by atoms with Gasteiger partial charge in [-0.15, -0.1) is 0 Å². The molecule has 1 saturated heterocycles. The molecule has 1 fully saturated rings. The van der Waals surface area contributed by atoms with Gasteiger partial charge in [-0.3, -0.25) is 0 Å². The van der Waals surface area contributed by atoms with Crippen LogP contribution in [-0.4, -0.2) is 18.3 Å². The quantitative estimate of drug-likeness (QED) is 0.217. The number of benzene rings is 5. The number of hydrogen-bond donors (Lipinski definition) is 0.